The molecule has 0 aliphatic carbocycles. The minimum atomic E-state index is -0.00484. The number of hydrogen-bond donors (Lipinski definition) is 1. The van der Waals surface area contributed by atoms with E-state index in [1.807, 2.05) is 25.7 Å². The molecule has 2 aromatic heterocycles. The molecule has 1 aliphatic heterocycles. The van der Waals surface area contributed by atoms with Gasteiger partial charge in [0.2, 0.25) is 0 Å². The molecule has 0 saturated carbocycles. The number of thiophene rings is 1. The van der Waals surface area contributed by atoms with E-state index < -0.39 is 0 Å². The number of carbonyl (C=O) groups excluding carboxylic acids is 1. The van der Waals surface area contributed by atoms with Gasteiger partial charge in [-0.1, -0.05) is 0 Å². The fourth-order valence-corrected chi connectivity index (χ4v) is 4.96. The Hall–Kier alpha value is -1.40. The van der Waals surface area contributed by atoms with E-state index in [1.165, 1.54) is 10.4 Å². The molecule has 2 aromatic rings. The Morgan fingerprint density at radius 2 is 2.27 bits per heavy atom. The van der Waals surface area contributed by atoms with Crippen molar-refractivity contribution >= 4 is 28.7 Å². The first-order valence-electron chi connectivity index (χ1n) is 7.54. The van der Waals surface area contributed by atoms with E-state index in [-0.39, 0.29) is 18.1 Å². The van der Waals surface area contributed by atoms with E-state index in [1.54, 1.807) is 22.7 Å². The molecule has 1 aliphatic rings. The number of thiazole rings is 1. The third-order valence-corrected chi connectivity index (χ3v) is 6.46. The van der Waals surface area contributed by atoms with E-state index in [0.29, 0.717) is 0 Å². The fourth-order valence-electron chi connectivity index (χ4n) is 3.07. The van der Waals surface area contributed by atoms with Crippen LogP contribution in [0.4, 0.5) is 4.79 Å². The lowest BCUT2D eigenvalue weighted by atomic mass is 10.0. The Balaban J connectivity index is 1.71. The predicted molar refractivity (Wildman–Crippen MR) is 91.7 cm³/mol. The highest BCUT2D eigenvalue weighted by Gasteiger charge is 2.29. The number of rotatable bonds is 2. The first-order valence-corrected chi connectivity index (χ1v) is 9.24. The maximum atomic E-state index is 12.6. The summed E-state index contributed by atoms with van der Waals surface area (Å²) in [5.41, 5.74) is 2.31. The van der Waals surface area contributed by atoms with Gasteiger partial charge in [0.15, 0.2) is 0 Å². The van der Waals surface area contributed by atoms with Crippen molar-refractivity contribution < 1.29 is 4.79 Å². The molecule has 4 nitrogen and oxygen atoms in total. The average molecular weight is 335 g/mol. The van der Waals surface area contributed by atoms with Crippen molar-refractivity contribution in [1.82, 2.24) is 15.2 Å². The normalized spacial score (nSPS) is 18.9. The molecule has 0 unspecified atom stereocenters. The Labute approximate surface area is 139 Å². The smallest absolute Gasteiger partial charge is 0.318 e. The zero-order chi connectivity index (χ0) is 15.9. The van der Waals surface area contributed by atoms with Crippen LogP contribution in [0.15, 0.2) is 11.4 Å². The molecule has 3 heterocycles. The Morgan fingerprint density at radius 3 is 2.95 bits per heavy atom. The highest BCUT2D eigenvalue weighted by molar-refractivity contribution is 7.11. The Bertz CT molecular complexity index is 691. The van der Waals surface area contributed by atoms with E-state index in [2.05, 4.69) is 28.7 Å². The second kappa shape index (κ2) is 6.01. The van der Waals surface area contributed by atoms with Gasteiger partial charge in [-0.2, -0.15) is 0 Å². The number of fused-ring (bicyclic) bond motifs is 1. The van der Waals surface area contributed by atoms with Crippen LogP contribution in [0, 0.1) is 13.8 Å². The zero-order valence-corrected chi connectivity index (χ0v) is 15.0. The second-order valence-corrected chi connectivity index (χ2v) is 8.01. The van der Waals surface area contributed by atoms with Gasteiger partial charge in [-0.3, -0.25) is 0 Å². The molecular formula is C16H21N3OS2. The molecule has 0 bridgehead atoms. The monoisotopic (exact) mass is 335 g/mol. The lowest BCUT2D eigenvalue weighted by Crippen LogP contribution is -2.45. The lowest BCUT2D eigenvalue weighted by Gasteiger charge is -2.34. The van der Waals surface area contributed by atoms with Crippen LogP contribution in [0.3, 0.4) is 0 Å². The summed E-state index contributed by atoms with van der Waals surface area (Å²) in [6.45, 7) is 8.93. The quantitative estimate of drug-likeness (QED) is 0.893. The third kappa shape index (κ3) is 2.77. The van der Waals surface area contributed by atoms with Crippen molar-refractivity contribution in [2.45, 2.75) is 46.2 Å². The lowest BCUT2D eigenvalue weighted by molar-refractivity contribution is 0.172. The van der Waals surface area contributed by atoms with E-state index in [0.717, 1.165) is 28.5 Å². The Kier molecular flexibility index (Phi) is 4.23. The van der Waals surface area contributed by atoms with Crippen molar-refractivity contribution in [3.8, 4) is 0 Å². The van der Waals surface area contributed by atoms with Gasteiger partial charge in [-0.05, 0) is 51.1 Å². The second-order valence-electron chi connectivity index (χ2n) is 5.77. The third-order valence-electron chi connectivity index (χ3n) is 4.21. The molecular weight excluding hydrogens is 314 g/mol. The zero-order valence-electron chi connectivity index (χ0n) is 13.3. The topological polar surface area (TPSA) is 45.2 Å². The number of carbonyl (C=O) groups is 1. The number of nitrogens with one attached hydrogen (secondary N) is 1. The van der Waals surface area contributed by atoms with Crippen LogP contribution in [0.2, 0.25) is 0 Å². The van der Waals surface area contributed by atoms with Crippen LogP contribution in [0.1, 0.15) is 52.0 Å². The summed E-state index contributed by atoms with van der Waals surface area (Å²) < 4.78 is 0. The molecule has 0 saturated heterocycles. The van der Waals surface area contributed by atoms with Gasteiger partial charge in [0.05, 0.1) is 22.8 Å². The minimum absolute atomic E-state index is 0.00484. The average Bonchev–Trinajstić information content (AvgIpc) is 3.05. The predicted octanol–water partition coefficient (Wildman–Crippen LogP) is 4.21. The van der Waals surface area contributed by atoms with Crippen molar-refractivity contribution in [2.24, 2.45) is 0 Å². The molecule has 0 radical (unpaired) electrons. The maximum Gasteiger partial charge on any atom is 0.318 e. The van der Waals surface area contributed by atoms with Gasteiger partial charge in [0, 0.05) is 16.3 Å². The number of hydrogen-bond acceptors (Lipinski definition) is 4. The van der Waals surface area contributed by atoms with Crippen LogP contribution >= 0.6 is 22.7 Å². The van der Waals surface area contributed by atoms with E-state index >= 15 is 0 Å². The van der Waals surface area contributed by atoms with Gasteiger partial charge in [0.1, 0.15) is 0 Å². The van der Waals surface area contributed by atoms with Crippen molar-refractivity contribution in [3.05, 3.63) is 37.5 Å². The number of amides is 2. The standard InChI is InChI=1S/C16H21N3OS2/c1-9-15(22-12(4)17-9)10(2)18-16(20)19-7-5-14-13(11(19)3)6-8-21-14/h6,8,10-11H,5,7H2,1-4H3,(H,18,20)/t10-,11+/m1/s1. The molecule has 0 fully saturated rings. The summed E-state index contributed by atoms with van der Waals surface area (Å²) >= 11 is 3.45. The van der Waals surface area contributed by atoms with Crippen LogP contribution in [0.5, 0.6) is 0 Å². The summed E-state index contributed by atoms with van der Waals surface area (Å²) in [6, 6.07) is 2.30. The largest absolute Gasteiger partial charge is 0.331 e. The summed E-state index contributed by atoms with van der Waals surface area (Å²) in [4.78, 5) is 21.6. The number of aryl methyl sites for hydroxylation is 2. The summed E-state index contributed by atoms with van der Waals surface area (Å²) in [5, 5.41) is 6.30. The van der Waals surface area contributed by atoms with Gasteiger partial charge < -0.3 is 10.2 Å². The van der Waals surface area contributed by atoms with Gasteiger partial charge in [-0.15, -0.1) is 22.7 Å². The first kappa shape index (κ1) is 15.5. The summed E-state index contributed by atoms with van der Waals surface area (Å²) in [7, 11) is 0. The molecule has 22 heavy (non-hydrogen) atoms. The highest BCUT2D eigenvalue weighted by Crippen LogP contribution is 2.33. The molecule has 6 heteroatoms. The maximum absolute atomic E-state index is 12.6. The van der Waals surface area contributed by atoms with Gasteiger partial charge in [-0.25, -0.2) is 9.78 Å². The SMILES string of the molecule is Cc1nc(C)c([C@@H](C)NC(=O)N2CCc3sccc3[C@@H]2C)s1. The van der Waals surface area contributed by atoms with E-state index in [4.69, 9.17) is 0 Å². The van der Waals surface area contributed by atoms with Crippen LogP contribution in [-0.2, 0) is 6.42 Å². The fraction of sp³-hybridized carbons (Fsp3) is 0.500. The Morgan fingerprint density at radius 1 is 1.50 bits per heavy atom. The van der Waals surface area contributed by atoms with Crippen molar-refractivity contribution in [1.29, 1.82) is 0 Å². The molecule has 2 amide bonds. The molecule has 3 rings (SSSR count). The molecule has 2 atom stereocenters. The van der Waals surface area contributed by atoms with Crippen LogP contribution in [-0.4, -0.2) is 22.5 Å². The molecule has 0 spiro atoms. The van der Waals surface area contributed by atoms with Crippen molar-refractivity contribution in [3.63, 3.8) is 0 Å². The van der Waals surface area contributed by atoms with Crippen LogP contribution in [0.25, 0.3) is 0 Å². The van der Waals surface area contributed by atoms with Gasteiger partial charge >= 0.3 is 6.03 Å². The van der Waals surface area contributed by atoms with Crippen LogP contribution < -0.4 is 5.32 Å². The molecule has 118 valence electrons. The summed E-state index contributed by atoms with van der Waals surface area (Å²) in [6.07, 6.45) is 0.956. The highest BCUT2D eigenvalue weighted by atomic mass is 32.1. The number of nitrogens with zero attached hydrogens (tertiary/aromatic N) is 2. The summed E-state index contributed by atoms with van der Waals surface area (Å²) in [5.74, 6) is 0. The molecule has 1 N–H and O–H groups in total. The molecule has 0 aromatic carbocycles. The number of urea groups is 1. The number of aromatic nitrogens is 1. The van der Waals surface area contributed by atoms with Gasteiger partial charge in [0.25, 0.3) is 0 Å². The van der Waals surface area contributed by atoms with Crippen molar-refractivity contribution in [2.75, 3.05) is 6.54 Å². The minimum Gasteiger partial charge on any atom is -0.331 e. The van der Waals surface area contributed by atoms with E-state index in [9.17, 15) is 4.79 Å². The first-order chi connectivity index (χ1) is 10.5.